The molecule has 19 heavy (non-hydrogen) atoms. The normalized spacial score (nSPS) is 19.1. The lowest BCUT2D eigenvalue weighted by atomic mass is 9.86. The van der Waals surface area contributed by atoms with Crippen molar-refractivity contribution in [2.45, 2.75) is 38.6 Å². The Labute approximate surface area is 112 Å². The molecular formula is C14H19N3O2. The molecule has 1 heterocycles. The molecular weight excluding hydrogens is 242 g/mol. The van der Waals surface area contributed by atoms with Crippen molar-refractivity contribution in [1.29, 1.82) is 0 Å². The van der Waals surface area contributed by atoms with E-state index >= 15 is 0 Å². The van der Waals surface area contributed by atoms with E-state index in [1.54, 1.807) is 0 Å². The standard InChI is InChI=1S/C14H19N3O2/c1-14(2,3)9-6-4-5-7-10(9)15-13(19)11-8-12(18)17-16-11/h4-7,11,16H,8H2,1-3H3,(H,15,19)(H,17,18). The van der Waals surface area contributed by atoms with Gasteiger partial charge in [0.05, 0.1) is 6.42 Å². The summed E-state index contributed by atoms with van der Waals surface area (Å²) in [5, 5.41) is 2.89. The van der Waals surface area contributed by atoms with Gasteiger partial charge in [-0.2, -0.15) is 0 Å². The van der Waals surface area contributed by atoms with Gasteiger partial charge in [0.25, 0.3) is 0 Å². The van der Waals surface area contributed by atoms with E-state index in [2.05, 4.69) is 36.9 Å². The molecule has 5 nitrogen and oxygen atoms in total. The van der Waals surface area contributed by atoms with Crippen LogP contribution < -0.4 is 16.2 Å². The summed E-state index contributed by atoms with van der Waals surface area (Å²) in [6.45, 7) is 6.28. The number of benzene rings is 1. The van der Waals surface area contributed by atoms with Gasteiger partial charge in [0.15, 0.2) is 0 Å². The van der Waals surface area contributed by atoms with Gasteiger partial charge in [-0.1, -0.05) is 39.0 Å². The molecule has 2 rings (SSSR count). The Kier molecular flexibility index (Phi) is 3.57. The smallest absolute Gasteiger partial charge is 0.243 e. The maximum absolute atomic E-state index is 12.1. The summed E-state index contributed by atoms with van der Waals surface area (Å²) in [7, 11) is 0. The first-order chi connectivity index (χ1) is 8.88. The van der Waals surface area contributed by atoms with Crippen LogP contribution in [0.25, 0.3) is 0 Å². The monoisotopic (exact) mass is 261 g/mol. The fourth-order valence-corrected chi connectivity index (χ4v) is 2.08. The van der Waals surface area contributed by atoms with E-state index < -0.39 is 6.04 Å². The highest BCUT2D eigenvalue weighted by Crippen LogP contribution is 2.29. The SMILES string of the molecule is CC(C)(C)c1ccccc1NC(=O)C1CC(=O)NN1. The third-order valence-electron chi connectivity index (χ3n) is 3.08. The Hall–Kier alpha value is -1.88. The minimum Gasteiger partial charge on any atom is -0.324 e. The van der Waals surface area contributed by atoms with E-state index in [0.29, 0.717) is 0 Å². The molecule has 1 aliphatic heterocycles. The first-order valence-corrected chi connectivity index (χ1v) is 6.32. The van der Waals surface area contributed by atoms with Crippen molar-refractivity contribution in [1.82, 2.24) is 10.9 Å². The lowest BCUT2D eigenvalue weighted by Gasteiger charge is -2.23. The molecule has 1 aromatic rings. The number of carbonyl (C=O) groups excluding carboxylic acids is 2. The Morgan fingerprint density at radius 2 is 2.00 bits per heavy atom. The van der Waals surface area contributed by atoms with E-state index in [1.807, 2.05) is 24.3 Å². The van der Waals surface area contributed by atoms with Crippen LogP contribution in [0.4, 0.5) is 5.69 Å². The highest BCUT2D eigenvalue weighted by molar-refractivity contribution is 5.99. The summed E-state index contributed by atoms with van der Waals surface area (Å²) in [5.74, 6) is -0.362. The van der Waals surface area contributed by atoms with Crippen LogP contribution in [0.5, 0.6) is 0 Å². The summed E-state index contributed by atoms with van der Waals surface area (Å²) in [6, 6.07) is 7.20. The van der Waals surface area contributed by atoms with Gasteiger partial charge >= 0.3 is 0 Å². The third-order valence-corrected chi connectivity index (χ3v) is 3.08. The molecule has 0 aliphatic carbocycles. The summed E-state index contributed by atoms with van der Waals surface area (Å²) in [5.41, 5.74) is 6.91. The average molecular weight is 261 g/mol. The van der Waals surface area contributed by atoms with Gasteiger partial charge in [0.2, 0.25) is 11.8 Å². The topological polar surface area (TPSA) is 70.2 Å². The molecule has 1 unspecified atom stereocenters. The van der Waals surface area contributed by atoms with Crippen LogP contribution in [0.15, 0.2) is 24.3 Å². The predicted molar refractivity (Wildman–Crippen MR) is 73.5 cm³/mol. The highest BCUT2D eigenvalue weighted by atomic mass is 16.2. The summed E-state index contributed by atoms with van der Waals surface area (Å²) in [6.07, 6.45) is 0.170. The minimum absolute atomic E-state index is 0.0545. The number of rotatable bonds is 2. The summed E-state index contributed by atoms with van der Waals surface area (Å²) >= 11 is 0. The molecule has 2 amide bonds. The Morgan fingerprint density at radius 1 is 1.32 bits per heavy atom. The lowest BCUT2D eigenvalue weighted by Crippen LogP contribution is -2.40. The van der Waals surface area contributed by atoms with Crippen LogP contribution in [0.3, 0.4) is 0 Å². The zero-order chi connectivity index (χ0) is 14.0. The molecule has 1 saturated heterocycles. The van der Waals surface area contributed by atoms with Gasteiger partial charge in [-0.05, 0) is 17.0 Å². The van der Waals surface area contributed by atoms with E-state index in [1.165, 1.54) is 0 Å². The second-order valence-corrected chi connectivity index (χ2v) is 5.73. The van der Waals surface area contributed by atoms with Crippen LogP contribution in [0, 0.1) is 0 Å². The molecule has 0 radical (unpaired) electrons. The molecule has 102 valence electrons. The first kappa shape index (κ1) is 13.5. The number of hydrogen-bond acceptors (Lipinski definition) is 3. The van der Waals surface area contributed by atoms with Crippen LogP contribution in [0.1, 0.15) is 32.8 Å². The van der Waals surface area contributed by atoms with Gasteiger partial charge in [-0.3, -0.25) is 15.0 Å². The van der Waals surface area contributed by atoms with Crippen molar-refractivity contribution in [3.05, 3.63) is 29.8 Å². The van der Waals surface area contributed by atoms with Gasteiger partial charge in [-0.15, -0.1) is 0 Å². The summed E-state index contributed by atoms with van der Waals surface area (Å²) in [4.78, 5) is 23.2. The Balaban J connectivity index is 2.15. The van der Waals surface area contributed by atoms with Crippen molar-refractivity contribution >= 4 is 17.5 Å². The second-order valence-electron chi connectivity index (χ2n) is 5.73. The fraction of sp³-hybridized carbons (Fsp3) is 0.429. The number of para-hydroxylation sites is 1. The quantitative estimate of drug-likeness (QED) is 0.752. The molecule has 1 aliphatic rings. The molecule has 1 aromatic carbocycles. The maximum Gasteiger partial charge on any atom is 0.243 e. The molecule has 0 aromatic heterocycles. The van der Waals surface area contributed by atoms with E-state index in [-0.39, 0.29) is 23.7 Å². The molecule has 0 saturated carbocycles. The molecule has 1 fully saturated rings. The van der Waals surface area contributed by atoms with Crippen molar-refractivity contribution in [2.24, 2.45) is 0 Å². The first-order valence-electron chi connectivity index (χ1n) is 6.32. The van der Waals surface area contributed by atoms with Crippen molar-refractivity contribution < 1.29 is 9.59 Å². The van der Waals surface area contributed by atoms with Gasteiger partial charge < -0.3 is 5.32 Å². The van der Waals surface area contributed by atoms with E-state index in [9.17, 15) is 9.59 Å². The van der Waals surface area contributed by atoms with Gasteiger partial charge in [0, 0.05) is 5.69 Å². The zero-order valence-electron chi connectivity index (χ0n) is 11.4. The van der Waals surface area contributed by atoms with Crippen LogP contribution in [-0.4, -0.2) is 17.9 Å². The van der Waals surface area contributed by atoms with Crippen LogP contribution in [-0.2, 0) is 15.0 Å². The molecule has 0 bridgehead atoms. The largest absolute Gasteiger partial charge is 0.324 e. The number of nitrogens with one attached hydrogen (secondary N) is 3. The van der Waals surface area contributed by atoms with Gasteiger partial charge in [0.1, 0.15) is 6.04 Å². The molecule has 5 heteroatoms. The van der Waals surface area contributed by atoms with Crippen LogP contribution in [0.2, 0.25) is 0 Å². The number of anilines is 1. The van der Waals surface area contributed by atoms with Crippen LogP contribution >= 0.6 is 0 Å². The zero-order valence-corrected chi connectivity index (χ0v) is 11.4. The Morgan fingerprint density at radius 3 is 2.58 bits per heavy atom. The molecule has 3 N–H and O–H groups in total. The number of amides is 2. The van der Waals surface area contributed by atoms with Gasteiger partial charge in [-0.25, -0.2) is 5.43 Å². The lowest BCUT2D eigenvalue weighted by molar-refractivity contribution is -0.121. The number of hydrogen-bond donors (Lipinski definition) is 3. The van der Waals surface area contributed by atoms with E-state index in [0.717, 1.165) is 11.3 Å². The summed E-state index contributed by atoms with van der Waals surface area (Å²) < 4.78 is 0. The van der Waals surface area contributed by atoms with Crippen molar-refractivity contribution in [2.75, 3.05) is 5.32 Å². The average Bonchev–Trinajstić information content (AvgIpc) is 2.75. The molecule has 1 atom stereocenters. The number of hydrazine groups is 1. The van der Waals surface area contributed by atoms with E-state index in [4.69, 9.17) is 0 Å². The predicted octanol–water partition coefficient (Wildman–Crippen LogP) is 1.32. The maximum atomic E-state index is 12.1. The number of carbonyl (C=O) groups is 2. The second kappa shape index (κ2) is 5.01. The van der Waals surface area contributed by atoms with Crippen molar-refractivity contribution in [3.8, 4) is 0 Å². The fourth-order valence-electron chi connectivity index (χ4n) is 2.08. The molecule has 0 spiro atoms. The highest BCUT2D eigenvalue weighted by Gasteiger charge is 2.28. The third kappa shape index (κ3) is 3.12. The van der Waals surface area contributed by atoms with Crippen molar-refractivity contribution in [3.63, 3.8) is 0 Å². The minimum atomic E-state index is -0.513. The Bertz CT molecular complexity index is 506.